The number of anilines is 1. The number of carbonyl (C=O) groups is 2. The van der Waals surface area contributed by atoms with Gasteiger partial charge in [0.25, 0.3) is 11.5 Å². The van der Waals surface area contributed by atoms with Crippen LogP contribution in [0.25, 0.3) is 0 Å². The van der Waals surface area contributed by atoms with Gasteiger partial charge in [-0.3, -0.25) is 9.59 Å². The molecule has 1 aliphatic heterocycles. The normalized spacial score (nSPS) is 17.2. The molecule has 0 spiro atoms. The van der Waals surface area contributed by atoms with Crippen LogP contribution >= 0.6 is 0 Å². The zero-order valence-electron chi connectivity index (χ0n) is 19.7. The molecule has 0 bridgehead atoms. The molecule has 2 amide bonds. The van der Waals surface area contributed by atoms with Crippen LogP contribution in [0, 0.1) is 0 Å². The number of benzene rings is 2. The fourth-order valence-electron chi connectivity index (χ4n) is 4.03. The number of amides is 2. The Morgan fingerprint density at radius 1 is 1.05 bits per heavy atom. The van der Waals surface area contributed by atoms with Crippen molar-refractivity contribution < 1.29 is 53.8 Å². The number of carbonyl (C=O) groups excluding carboxylic acids is 2. The number of hydrogen-bond acceptors (Lipinski definition) is 5. The molecule has 2 aromatic rings. The summed E-state index contributed by atoms with van der Waals surface area (Å²) in [6.45, 7) is 0.869. The highest BCUT2D eigenvalue weighted by Crippen LogP contribution is 2.50. The van der Waals surface area contributed by atoms with Gasteiger partial charge < -0.3 is 15.3 Å². The van der Waals surface area contributed by atoms with E-state index in [1.54, 1.807) is 0 Å². The summed E-state index contributed by atoms with van der Waals surface area (Å²) < 4.78 is 116. The topological polar surface area (TPSA) is 104 Å². The third kappa shape index (κ3) is 5.48. The van der Waals surface area contributed by atoms with Crippen LogP contribution in [-0.2, 0) is 31.6 Å². The summed E-state index contributed by atoms with van der Waals surface area (Å²) in [6, 6.07) is 4.42. The highest BCUT2D eigenvalue weighted by molar-refractivity contribution is 7.90. The molecule has 208 valence electrons. The minimum atomic E-state index is -6.09. The average Bonchev–Trinajstić information content (AvgIpc) is 3.15. The zero-order chi connectivity index (χ0) is 28.8. The standard InChI is InChI=1S/C23H21F7N2O5S/c1-12(24)9-18(33)32-11-13-10-16(38(2,36)37)7-8-17(13)19(32)20(34)31-15-5-3-14(4-6-15)21(35,22(25,26)27)23(28,29)30/h3-8,10,12,19,35H,9,11H2,1-2H3,(H,31,34)/t12-,19?/m1/s1. The van der Waals surface area contributed by atoms with E-state index >= 15 is 0 Å². The lowest BCUT2D eigenvalue weighted by atomic mass is 9.92. The Balaban J connectivity index is 1.95. The van der Waals surface area contributed by atoms with Crippen LogP contribution in [0.2, 0.25) is 0 Å². The first-order valence-electron chi connectivity index (χ1n) is 10.8. The van der Waals surface area contributed by atoms with E-state index in [0.717, 1.165) is 18.1 Å². The number of alkyl halides is 7. The summed E-state index contributed by atoms with van der Waals surface area (Å²) in [5.74, 6) is -1.72. The first-order valence-corrected chi connectivity index (χ1v) is 12.7. The summed E-state index contributed by atoms with van der Waals surface area (Å²) in [7, 11) is -3.65. The molecule has 2 aromatic carbocycles. The number of nitrogens with zero attached hydrogens (tertiary/aromatic N) is 1. The highest BCUT2D eigenvalue weighted by atomic mass is 32.2. The van der Waals surface area contributed by atoms with Gasteiger partial charge in [-0.25, -0.2) is 12.8 Å². The second kappa shape index (κ2) is 9.84. The number of sulfone groups is 1. The van der Waals surface area contributed by atoms with E-state index in [1.807, 2.05) is 0 Å². The molecular formula is C23H21F7N2O5S. The molecule has 15 heteroatoms. The third-order valence-corrected chi connectivity index (χ3v) is 7.02. The van der Waals surface area contributed by atoms with Gasteiger partial charge >= 0.3 is 12.4 Å². The van der Waals surface area contributed by atoms with E-state index < -0.39 is 63.8 Å². The van der Waals surface area contributed by atoms with Gasteiger partial charge in [0.15, 0.2) is 9.84 Å². The van der Waals surface area contributed by atoms with Crippen LogP contribution in [0.3, 0.4) is 0 Å². The minimum absolute atomic E-state index is 0.0963. The average molecular weight is 570 g/mol. The van der Waals surface area contributed by atoms with Crippen molar-refractivity contribution in [2.75, 3.05) is 11.6 Å². The predicted octanol–water partition coefficient (Wildman–Crippen LogP) is 4.17. The molecule has 0 fully saturated rings. The van der Waals surface area contributed by atoms with Crippen LogP contribution in [-0.4, -0.2) is 55.0 Å². The molecule has 7 nitrogen and oxygen atoms in total. The molecule has 0 aromatic heterocycles. The Labute approximate surface area is 212 Å². The maximum Gasteiger partial charge on any atom is 0.430 e. The van der Waals surface area contributed by atoms with Crippen molar-refractivity contribution in [3.63, 3.8) is 0 Å². The van der Waals surface area contributed by atoms with Gasteiger partial charge in [-0.05, 0) is 42.3 Å². The van der Waals surface area contributed by atoms with E-state index in [-0.39, 0.29) is 28.3 Å². The first kappa shape index (κ1) is 29.4. The lowest BCUT2D eigenvalue weighted by Gasteiger charge is -2.32. The summed E-state index contributed by atoms with van der Waals surface area (Å²) in [5.41, 5.74) is -6.48. The summed E-state index contributed by atoms with van der Waals surface area (Å²) in [4.78, 5) is 26.7. The molecule has 0 aliphatic carbocycles. The second-order valence-corrected chi connectivity index (χ2v) is 10.8. The smallest absolute Gasteiger partial charge is 0.369 e. The van der Waals surface area contributed by atoms with E-state index in [2.05, 4.69) is 5.32 Å². The van der Waals surface area contributed by atoms with Crippen LogP contribution in [0.5, 0.6) is 0 Å². The Morgan fingerprint density at radius 2 is 1.61 bits per heavy atom. The highest BCUT2D eigenvalue weighted by Gasteiger charge is 2.71. The van der Waals surface area contributed by atoms with Gasteiger partial charge in [0, 0.05) is 24.1 Å². The Hall–Kier alpha value is -3.20. The monoisotopic (exact) mass is 570 g/mol. The molecule has 3 rings (SSSR count). The number of rotatable bonds is 6. The second-order valence-electron chi connectivity index (χ2n) is 8.81. The van der Waals surface area contributed by atoms with Gasteiger partial charge in [0.1, 0.15) is 12.2 Å². The van der Waals surface area contributed by atoms with Crippen molar-refractivity contribution in [3.05, 3.63) is 59.2 Å². The SMILES string of the molecule is C[C@@H](F)CC(=O)N1Cc2cc(S(C)(=O)=O)ccc2C1C(=O)Nc1ccc(C(O)(C(F)(F)F)C(F)(F)F)cc1. The van der Waals surface area contributed by atoms with E-state index in [0.29, 0.717) is 24.3 Å². The van der Waals surface area contributed by atoms with Crippen molar-refractivity contribution in [2.45, 2.75) is 55.0 Å². The number of halogens is 7. The quantitative estimate of drug-likeness (QED) is 0.508. The zero-order valence-corrected chi connectivity index (χ0v) is 20.5. The first-order chi connectivity index (χ1) is 17.3. The minimum Gasteiger partial charge on any atom is -0.369 e. The number of aliphatic hydroxyl groups is 1. The Morgan fingerprint density at radius 3 is 2.08 bits per heavy atom. The van der Waals surface area contributed by atoms with Crippen LogP contribution in [0.4, 0.5) is 36.4 Å². The fraction of sp³-hybridized carbons (Fsp3) is 0.391. The van der Waals surface area contributed by atoms with Crippen molar-refractivity contribution in [3.8, 4) is 0 Å². The molecule has 1 unspecified atom stereocenters. The molecular weight excluding hydrogens is 549 g/mol. The van der Waals surface area contributed by atoms with Crippen LogP contribution in [0.1, 0.15) is 36.1 Å². The van der Waals surface area contributed by atoms with Gasteiger partial charge in [-0.15, -0.1) is 0 Å². The van der Waals surface area contributed by atoms with Crippen LogP contribution < -0.4 is 5.32 Å². The van der Waals surface area contributed by atoms with Gasteiger partial charge in [0.2, 0.25) is 5.91 Å². The fourth-order valence-corrected chi connectivity index (χ4v) is 4.70. The summed E-state index contributed by atoms with van der Waals surface area (Å²) in [6.07, 6.45) is -13.4. The molecule has 0 radical (unpaired) electrons. The molecule has 1 heterocycles. The van der Waals surface area contributed by atoms with Crippen molar-refractivity contribution in [1.82, 2.24) is 4.90 Å². The van der Waals surface area contributed by atoms with Gasteiger partial charge in [-0.2, -0.15) is 26.3 Å². The molecule has 0 saturated carbocycles. The van der Waals surface area contributed by atoms with E-state index in [1.165, 1.54) is 18.2 Å². The largest absolute Gasteiger partial charge is 0.430 e. The summed E-state index contributed by atoms with van der Waals surface area (Å²) >= 11 is 0. The van der Waals surface area contributed by atoms with Crippen molar-refractivity contribution in [2.24, 2.45) is 0 Å². The molecule has 38 heavy (non-hydrogen) atoms. The lowest BCUT2D eigenvalue weighted by molar-refractivity contribution is -0.376. The molecule has 1 aliphatic rings. The third-order valence-electron chi connectivity index (χ3n) is 5.90. The van der Waals surface area contributed by atoms with E-state index in [9.17, 15) is 53.8 Å². The molecule has 2 N–H and O–H groups in total. The number of fused-ring (bicyclic) bond motifs is 1. The predicted molar refractivity (Wildman–Crippen MR) is 119 cm³/mol. The maximum absolute atomic E-state index is 13.5. The van der Waals surface area contributed by atoms with Gasteiger partial charge in [-0.1, -0.05) is 18.2 Å². The molecule has 2 atom stereocenters. The number of nitrogens with one attached hydrogen (secondary N) is 1. The maximum atomic E-state index is 13.5. The van der Waals surface area contributed by atoms with Crippen LogP contribution in [0.15, 0.2) is 47.4 Å². The van der Waals surface area contributed by atoms with Gasteiger partial charge in [0.05, 0.1) is 11.3 Å². The Kier molecular flexibility index (Phi) is 7.60. The summed E-state index contributed by atoms with van der Waals surface area (Å²) in [5, 5.41) is 11.8. The number of hydrogen-bond donors (Lipinski definition) is 2. The van der Waals surface area contributed by atoms with Crippen molar-refractivity contribution in [1.29, 1.82) is 0 Å². The van der Waals surface area contributed by atoms with E-state index in [4.69, 9.17) is 0 Å². The Bertz CT molecular complexity index is 1330. The van der Waals surface area contributed by atoms with Crippen molar-refractivity contribution >= 4 is 27.3 Å². The lowest BCUT2D eigenvalue weighted by Crippen LogP contribution is -2.53. The molecule has 0 saturated heterocycles.